The van der Waals surface area contributed by atoms with E-state index in [1.807, 2.05) is 36.6 Å². The topological polar surface area (TPSA) is 65.6 Å². The van der Waals surface area contributed by atoms with E-state index in [0.29, 0.717) is 25.6 Å². The third kappa shape index (κ3) is 4.44. The van der Waals surface area contributed by atoms with E-state index in [0.717, 1.165) is 22.6 Å². The molecule has 0 saturated heterocycles. The van der Waals surface area contributed by atoms with Crippen molar-refractivity contribution in [3.8, 4) is 5.69 Å². The van der Waals surface area contributed by atoms with Crippen LogP contribution in [-0.2, 0) is 9.53 Å². The van der Waals surface area contributed by atoms with E-state index in [1.54, 1.807) is 44.2 Å². The zero-order valence-corrected chi connectivity index (χ0v) is 22.9. The van der Waals surface area contributed by atoms with E-state index < -0.39 is 12.0 Å². The van der Waals surface area contributed by atoms with Crippen molar-refractivity contribution in [3.63, 3.8) is 0 Å². The van der Waals surface area contributed by atoms with Crippen molar-refractivity contribution in [1.29, 1.82) is 0 Å². The highest BCUT2D eigenvalue weighted by Gasteiger charge is 2.34. The van der Waals surface area contributed by atoms with E-state index in [2.05, 4.69) is 4.99 Å². The number of allylic oxidation sites excluding steroid dienone is 1. The van der Waals surface area contributed by atoms with Gasteiger partial charge in [0, 0.05) is 22.1 Å². The molecule has 0 bridgehead atoms. The second-order valence-corrected chi connectivity index (χ2v) is 10.4. The molecule has 194 valence electrons. The molecule has 0 spiro atoms. The smallest absolute Gasteiger partial charge is 0.338 e. The molecule has 1 aliphatic heterocycles. The first-order valence-corrected chi connectivity index (χ1v) is 13.3. The minimum atomic E-state index is -0.771. The van der Waals surface area contributed by atoms with Gasteiger partial charge in [0.2, 0.25) is 0 Å². The lowest BCUT2D eigenvalue weighted by atomic mass is 9.96. The molecule has 6 nitrogen and oxygen atoms in total. The molecule has 1 atom stereocenters. The van der Waals surface area contributed by atoms with Crippen LogP contribution in [0, 0.1) is 19.7 Å². The second kappa shape index (κ2) is 10.2. The van der Waals surface area contributed by atoms with E-state index in [-0.39, 0.29) is 23.6 Å². The molecule has 0 saturated carbocycles. The van der Waals surface area contributed by atoms with Crippen LogP contribution in [0.3, 0.4) is 0 Å². The predicted molar refractivity (Wildman–Crippen MR) is 147 cm³/mol. The Labute approximate surface area is 227 Å². The molecule has 0 radical (unpaired) electrons. The van der Waals surface area contributed by atoms with Gasteiger partial charge in [-0.3, -0.25) is 9.36 Å². The molecule has 0 aliphatic carbocycles. The number of thiazole rings is 1. The van der Waals surface area contributed by atoms with E-state index in [4.69, 9.17) is 16.3 Å². The van der Waals surface area contributed by atoms with Gasteiger partial charge in [-0.15, -0.1) is 0 Å². The van der Waals surface area contributed by atoms with Crippen LogP contribution >= 0.6 is 22.9 Å². The number of fused-ring (bicyclic) bond motifs is 1. The van der Waals surface area contributed by atoms with Gasteiger partial charge >= 0.3 is 5.97 Å². The quantitative estimate of drug-likeness (QED) is 0.329. The number of aryl methyl sites for hydroxylation is 1. The van der Waals surface area contributed by atoms with Crippen LogP contribution in [0.15, 0.2) is 75.7 Å². The van der Waals surface area contributed by atoms with Gasteiger partial charge < -0.3 is 9.30 Å². The summed E-state index contributed by atoms with van der Waals surface area (Å²) in [5.41, 5.74) is 4.65. The summed E-state index contributed by atoms with van der Waals surface area (Å²) >= 11 is 7.82. The molecule has 0 unspecified atom stereocenters. The molecule has 2 aromatic carbocycles. The number of halogens is 2. The summed E-state index contributed by atoms with van der Waals surface area (Å²) < 4.78 is 22.8. The van der Waals surface area contributed by atoms with Crippen LogP contribution in [0.5, 0.6) is 0 Å². The van der Waals surface area contributed by atoms with E-state index in [9.17, 15) is 14.0 Å². The Morgan fingerprint density at radius 1 is 1.16 bits per heavy atom. The number of carbonyl (C=O) groups excluding carboxylic acids is 1. The second-order valence-electron chi connectivity index (χ2n) is 8.96. The van der Waals surface area contributed by atoms with Crippen LogP contribution in [-0.4, -0.2) is 21.7 Å². The van der Waals surface area contributed by atoms with Crippen molar-refractivity contribution < 1.29 is 13.9 Å². The summed E-state index contributed by atoms with van der Waals surface area (Å²) in [5.74, 6) is -0.834. The summed E-state index contributed by atoms with van der Waals surface area (Å²) in [6.45, 7) is 7.58. The first kappa shape index (κ1) is 25.9. The molecule has 5 rings (SSSR count). The van der Waals surface area contributed by atoms with Gasteiger partial charge in [0.15, 0.2) is 4.80 Å². The summed E-state index contributed by atoms with van der Waals surface area (Å²) in [6.07, 6.45) is 1.83. The third-order valence-corrected chi connectivity index (χ3v) is 7.89. The first-order valence-electron chi connectivity index (χ1n) is 12.1. The fourth-order valence-corrected chi connectivity index (χ4v) is 6.12. The number of rotatable bonds is 5. The minimum absolute atomic E-state index is 0.193. The molecule has 3 heterocycles. The molecule has 0 fully saturated rings. The van der Waals surface area contributed by atoms with Gasteiger partial charge in [-0.1, -0.05) is 41.1 Å². The summed E-state index contributed by atoms with van der Waals surface area (Å²) in [6, 6.07) is 14.6. The van der Waals surface area contributed by atoms with Crippen LogP contribution in [0.4, 0.5) is 4.39 Å². The number of nitrogens with zero attached hydrogens (tertiary/aromatic N) is 3. The van der Waals surface area contributed by atoms with Crippen molar-refractivity contribution >= 4 is 35.0 Å². The molecule has 9 heteroatoms. The lowest BCUT2D eigenvalue weighted by Crippen LogP contribution is -2.40. The lowest BCUT2D eigenvalue weighted by molar-refractivity contribution is -0.139. The molecule has 38 heavy (non-hydrogen) atoms. The Morgan fingerprint density at radius 2 is 1.87 bits per heavy atom. The summed E-state index contributed by atoms with van der Waals surface area (Å²) in [7, 11) is 0. The van der Waals surface area contributed by atoms with Gasteiger partial charge in [-0.25, -0.2) is 14.2 Å². The number of ether oxygens (including phenoxy) is 1. The van der Waals surface area contributed by atoms with Gasteiger partial charge in [-0.05, 0) is 81.3 Å². The monoisotopic (exact) mass is 549 g/mol. The van der Waals surface area contributed by atoms with Crippen LogP contribution < -0.4 is 14.9 Å². The molecule has 0 amide bonds. The number of benzene rings is 2. The average molecular weight is 550 g/mol. The Hall–Kier alpha value is -3.75. The van der Waals surface area contributed by atoms with Crippen molar-refractivity contribution in [3.05, 3.63) is 119 Å². The van der Waals surface area contributed by atoms with Crippen molar-refractivity contribution in [2.24, 2.45) is 4.99 Å². The molecule has 1 aliphatic rings. The lowest BCUT2D eigenvalue weighted by Gasteiger charge is -2.25. The fraction of sp³-hybridized carbons (Fsp3) is 0.207. The SMILES string of the molecule is CCOC(=O)C1=C(C)N=c2s/c(=C\c3cc(C)n(-c4ccc(F)cc4)c3C)c(=O)n2[C@@H]1c1ccccc1Cl. The van der Waals surface area contributed by atoms with Crippen LogP contribution in [0.1, 0.15) is 42.4 Å². The zero-order chi connectivity index (χ0) is 27.1. The standard InChI is InChI=1S/C29H25ClFN3O3S/c1-5-37-28(36)25-17(3)32-29-34(26(25)22-8-6-7-9-23(22)30)27(35)24(38-29)15-19-14-16(2)33(18(19)4)21-12-10-20(31)11-13-21/h6-15,26H,5H2,1-4H3/b24-15-/t26-/m1/s1. The highest BCUT2D eigenvalue weighted by atomic mass is 35.5. The normalized spacial score (nSPS) is 15.4. The number of hydrogen-bond donors (Lipinski definition) is 0. The predicted octanol–water partition coefficient (Wildman–Crippen LogP) is 5.00. The number of carbonyl (C=O) groups is 1. The highest BCUT2D eigenvalue weighted by molar-refractivity contribution is 7.07. The highest BCUT2D eigenvalue weighted by Crippen LogP contribution is 2.34. The van der Waals surface area contributed by atoms with Gasteiger partial charge in [0.1, 0.15) is 11.9 Å². The van der Waals surface area contributed by atoms with Gasteiger partial charge in [-0.2, -0.15) is 0 Å². The average Bonchev–Trinajstić information content (AvgIpc) is 3.33. The zero-order valence-electron chi connectivity index (χ0n) is 21.3. The number of aromatic nitrogens is 2. The first-order chi connectivity index (χ1) is 18.2. The Kier molecular flexibility index (Phi) is 6.94. The van der Waals surface area contributed by atoms with Crippen LogP contribution in [0.25, 0.3) is 11.8 Å². The van der Waals surface area contributed by atoms with Gasteiger partial charge in [0.05, 0.1) is 22.4 Å². The number of hydrogen-bond acceptors (Lipinski definition) is 5. The molecular weight excluding hydrogens is 525 g/mol. The third-order valence-electron chi connectivity index (χ3n) is 6.56. The van der Waals surface area contributed by atoms with Gasteiger partial charge in [0.25, 0.3) is 5.56 Å². The molecule has 2 aromatic heterocycles. The summed E-state index contributed by atoms with van der Waals surface area (Å²) in [5, 5.41) is 0.437. The maximum atomic E-state index is 13.9. The Morgan fingerprint density at radius 3 is 2.55 bits per heavy atom. The molecule has 4 aromatic rings. The Bertz CT molecular complexity index is 1780. The largest absolute Gasteiger partial charge is 0.463 e. The number of esters is 1. The maximum absolute atomic E-state index is 13.9. The Balaban J connectivity index is 1.70. The van der Waals surface area contributed by atoms with Crippen LogP contribution in [0.2, 0.25) is 5.02 Å². The van der Waals surface area contributed by atoms with E-state index >= 15 is 0 Å². The van der Waals surface area contributed by atoms with E-state index in [1.165, 1.54) is 28.0 Å². The summed E-state index contributed by atoms with van der Waals surface area (Å²) in [4.78, 5) is 32.0. The maximum Gasteiger partial charge on any atom is 0.338 e. The molecule has 0 N–H and O–H groups in total. The molecular formula is C29H25ClFN3O3S. The van der Waals surface area contributed by atoms with Crippen molar-refractivity contribution in [2.45, 2.75) is 33.7 Å². The van der Waals surface area contributed by atoms with Crippen molar-refractivity contribution in [2.75, 3.05) is 6.61 Å². The van der Waals surface area contributed by atoms with Crippen molar-refractivity contribution in [1.82, 2.24) is 9.13 Å². The minimum Gasteiger partial charge on any atom is -0.463 e. The fourth-order valence-electron chi connectivity index (χ4n) is 4.85.